The minimum Gasteiger partial charge on any atom is -0.343 e. The molecule has 2 aromatic carbocycles. The van der Waals surface area contributed by atoms with Crippen molar-refractivity contribution in [3.63, 3.8) is 0 Å². The molecule has 0 atom stereocenters. The van der Waals surface area contributed by atoms with Crippen LogP contribution in [-0.2, 0) is 14.8 Å². The number of hydrogen-bond donors (Lipinski definition) is 2. The first-order valence-electron chi connectivity index (χ1n) is 11.3. The molecule has 0 unspecified atom stereocenters. The summed E-state index contributed by atoms with van der Waals surface area (Å²) in [5.41, 5.74) is 1.57. The fourth-order valence-corrected chi connectivity index (χ4v) is 5.66. The van der Waals surface area contributed by atoms with Gasteiger partial charge < -0.3 is 10.2 Å². The Balaban J connectivity index is 1.55. The van der Waals surface area contributed by atoms with Crippen LogP contribution in [0.25, 0.3) is 10.8 Å². The van der Waals surface area contributed by atoms with E-state index in [1.807, 2.05) is 43.0 Å². The standard InChI is InChI=1S/C24H29N5O3S/c1-3-6-23(30)29-15-12-18(13-16-29)28-33(31,32)22-10-9-21(19-7-4-5-8-20(19)22)27-24-25-14-11-17(2)26-24/h4-5,7-11,14,18,28H,3,6,12-13,15-16H2,1-2H3,(H,25,26,27). The van der Waals surface area contributed by atoms with Gasteiger partial charge in [-0.2, -0.15) is 0 Å². The minimum atomic E-state index is -3.74. The second-order valence-corrected chi connectivity index (χ2v) is 10.0. The average molecular weight is 468 g/mol. The van der Waals surface area contributed by atoms with E-state index < -0.39 is 10.0 Å². The summed E-state index contributed by atoms with van der Waals surface area (Å²) < 4.78 is 29.5. The van der Waals surface area contributed by atoms with E-state index in [0.29, 0.717) is 43.7 Å². The number of aromatic nitrogens is 2. The molecule has 2 heterocycles. The lowest BCUT2D eigenvalue weighted by molar-refractivity contribution is -0.132. The van der Waals surface area contributed by atoms with Crippen LogP contribution < -0.4 is 10.0 Å². The maximum Gasteiger partial charge on any atom is 0.241 e. The van der Waals surface area contributed by atoms with E-state index in [4.69, 9.17) is 0 Å². The van der Waals surface area contributed by atoms with Gasteiger partial charge in [0.25, 0.3) is 0 Å². The molecule has 0 spiro atoms. The van der Waals surface area contributed by atoms with Crippen molar-refractivity contribution in [1.82, 2.24) is 19.6 Å². The molecule has 0 saturated carbocycles. The molecule has 1 amide bonds. The smallest absolute Gasteiger partial charge is 0.241 e. The quantitative estimate of drug-likeness (QED) is 0.548. The van der Waals surface area contributed by atoms with Crippen LogP contribution in [0.2, 0.25) is 0 Å². The van der Waals surface area contributed by atoms with E-state index in [9.17, 15) is 13.2 Å². The van der Waals surface area contributed by atoms with Gasteiger partial charge in [-0.3, -0.25) is 4.79 Å². The number of fused-ring (bicyclic) bond motifs is 1. The van der Waals surface area contributed by atoms with Crippen LogP contribution in [0, 0.1) is 6.92 Å². The summed E-state index contributed by atoms with van der Waals surface area (Å²) in [6.07, 6.45) is 4.25. The van der Waals surface area contributed by atoms with E-state index in [0.717, 1.165) is 23.2 Å². The van der Waals surface area contributed by atoms with Gasteiger partial charge in [-0.25, -0.2) is 23.1 Å². The van der Waals surface area contributed by atoms with Gasteiger partial charge in [0, 0.05) is 53.9 Å². The summed E-state index contributed by atoms with van der Waals surface area (Å²) >= 11 is 0. The van der Waals surface area contributed by atoms with E-state index in [-0.39, 0.29) is 16.8 Å². The first kappa shape index (κ1) is 23.1. The first-order chi connectivity index (χ1) is 15.9. The molecule has 8 nitrogen and oxygen atoms in total. The Kier molecular flexibility index (Phi) is 6.90. The number of carbonyl (C=O) groups is 1. The fourth-order valence-electron chi connectivity index (χ4n) is 4.15. The van der Waals surface area contributed by atoms with E-state index in [1.165, 1.54) is 0 Å². The van der Waals surface area contributed by atoms with Crippen LogP contribution in [0.1, 0.15) is 38.3 Å². The van der Waals surface area contributed by atoms with Gasteiger partial charge >= 0.3 is 0 Å². The van der Waals surface area contributed by atoms with E-state index >= 15 is 0 Å². The van der Waals surface area contributed by atoms with Gasteiger partial charge in [0.05, 0.1) is 4.90 Å². The van der Waals surface area contributed by atoms with Gasteiger partial charge in [-0.15, -0.1) is 0 Å². The molecular formula is C24H29N5O3S. The number of piperidine rings is 1. The number of nitrogens with one attached hydrogen (secondary N) is 2. The summed E-state index contributed by atoms with van der Waals surface area (Å²) in [6.45, 7) is 5.02. The number of hydrogen-bond acceptors (Lipinski definition) is 6. The fraction of sp³-hybridized carbons (Fsp3) is 0.375. The zero-order valence-corrected chi connectivity index (χ0v) is 19.7. The number of anilines is 2. The average Bonchev–Trinajstić information content (AvgIpc) is 2.79. The Morgan fingerprint density at radius 2 is 1.82 bits per heavy atom. The van der Waals surface area contributed by atoms with Gasteiger partial charge in [0.15, 0.2) is 0 Å². The molecule has 33 heavy (non-hydrogen) atoms. The number of likely N-dealkylation sites (tertiary alicyclic amines) is 1. The Morgan fingerprint density at radius 1 is 1.09 bits per heavy atom. The van der Waals surface area contributed by atoms with Crippen molar-refractivity contribution in [1.29, 1.82) is 0 Å². The topological polar surface area (TPSA) is 104 Å². The van der Waals surface area contributed by atoms with E-state index in [2.05, 4.69) is 20.0 Å². The summed E-state index contributed by atoms with van der Waals surface area (Å²) in [7, 11) is -3.74. The molecule has 3 aromatic rings. The van der Waals surface area contributed by atoms with Crippen LogP contribution in [0.3, 0.4) is 0 Å². The highest BCUT2D eigenvalue weighted by Gasteiger charge is 2.27. The van der Waals surface area contributed by atoms with Crippen LogP contribution in [-0.4, -0.2) is 48.3 Å². The molecule has 1 saturated heterocycles. The Bertz CT molecular complexity index is 1250. The maximum atomic E-state index is 13.3. The minimum absolute atomic E-state index is 0.144. The number of carbonyl (C=O) groups excluding carboxylic acids is 1. The molecule has 9 heteroatoms. The number of amides is 1. The molecule has 0 radical (unpaired) electrons. The van der Waals surface area contributed by atoms with Crippen molar-refractivity contribution in [3.8, 4) is 0 Å². The zero-order chi connectivity index (χ0) is 23.4. The van der Waals surface area contributed by atoms with Crippen molar-refractivity contribution in [2.45, 2.75) is 50.5 Å². The van der Waals surface area contributed by atoms with Crippen LogP contribution in [0.4, 0.5) is 11.6 Å². The summed E-state index contributed by atoms with van der Waals surface area (Å²) in [5, 5.41) is 4.59. The van der Waals surface area contributed by atoms with Gasteiger partial charge in [-0.05, 0) is 44.4 Å². The first-order valence-corrected chi connectivity index (χ1v) is 12.7. The third kappa shape index (κ3) is 5.31. The molecule has 1 aliphatic rings. The number of sulfonamides is 1. The molecule has 174 valence electrons. The van der Waals surface area contributed by atoms with Gasteiger partial charge in [0.2, 0.25) is 21.9 Å². The number of rotatable bonds is 7. The lowest BCUT2D eigenvalue weighted by atomic mass is 10.1. The summed E-state index contributed by atoms with van der Waals surface area (Å²) in [6, 6.07) is 12.4. The highest BCUT2D eigenvalue weighted by Crippen LogP contribution is 2.31. The van der Waals surface area contributed by atoms with Crippen LogP contribution >= 0.6 is 0 Å². The SMILES string of the molecule is CCCC(=O)N1CCC(NS(=O)(=O)c2ccc(Nc3nccc(C)n3)c3ccccc23)CC1. The molecule has 0 aliphatic carbocycles. The second-order valence-electron chi connectivity index (χ2n) is 8.33. The molecule has 0 bridgehead atoms. The monoisotopic (exact) mass is 467 g/mol. The Hall–Kier alpha value is -3.04. The molecular weight excluding hydrogens is 438 g/mol. The molecule has 1 fully saturated rings. The highest BCUT2D eigenvalue weighted by atomic mass is 32.2. The van der Waals surface area contributed by atoms with Crippen molar-refractivity contribution in [3.05, 3.63) is 54.4 Å². The van der Waals surface area contributed by atoms with Gasteiger partial charge in [0.1, 0.15) is 0 Å². The molecule has 4 rings (SSSR count). The lowest BCUT2D eigenvalue weighted by Crippen LogP contribution is -2.46. The second kappa shape index (κ2) is 9.84. The molecule has 1 aromatic heterocycles. The van der Waals surface area contributed by atoms with Crippen molar-refractivity contribution in [2.75, 3.05) is 18.4 Å². The molecule has 1 aliphatic heterocycles. The number of aryl methyl sites for hydroxylation is 1. The molecule has 2 N–H and O–H groups in total. The third-order valence-corrected chi connectivity index (χ3v) is 7.43. The number of nitrogens with zero attached hydrogens (tertiary/aromatic N) is 3. The predicted octanol–water partition coefficient (Wildman–Crippen LogP) is 3.75. The normalized spacial score (nSPS) is 15.0. The van der Waals surface area contributed by atoms with Crippen LogP contribution in [0.15, 0.2) is 53.6 Å². The van der Waals surface area contributed by atoms with Crippen LogP contribution in [0.5, 0.6) is 0 Å². The van der Waals surface area contributed by atoms with E-state index in [1.54, 1.807) is 24.4 Å². The largest absolute Gasteiger partial charge is 0.343 e. The Labute approximate surface area is 194 Å². The lowest BCUT2D eigenvalue weighted by Gasteiger charge is -2.32. The number of benzene rings is 2. The Morgan fingerprint density at radius 3 is 2.52 bits per heavy atom. The summed E-state index contributed by atoms with van der Waals surface area (Å²) in [5.74, 6) is 0.601. The summed E-state index contributed by atoms with van der Waals surface area (Å²) in [4.78, 5) is 22.8. The predicted molar refractivity (Wildman–Crippen MR) is 129 cm³/mol. The van der Waals surface area contributed by atoms with Crippen molar-refractivity contribution < 1.29 is 13.2 Å². The van der Waals surface area contributed by atoms with Gasteiger partial charge in [-0.1, -0.05) is 31.2 Å². The van der Waals surface area contributed by atoms with Crippen molar-refractivity contribution >= 4 is 38.3 Å². The third-order valence-electron chi connectivity index (χ3n) is 5.85. The van der Waals surface area contributed by atoms with Crippen molar-refractivity contribution in [2.24, 2.45) is 0 Å². The zero-order valence-electron chi connectivity index (χ0n) is 18.9. The highest BCUT2D eigenvalue weighted by molar-refractivity contribution is 7.89. The maximum absolute atomic E-state index is 13.3.